The molecular weight excluding hydrogens is 399 g/mol. The molecule has 30 heavy (non-hydrogen) atoms. The number of hydrogen-bond acceptors (Lipinski definition) is 4. The van der Waals surface area contributed by atoms with Gasteiger partial charge in [-0.05, 0) is 43.2 Å². The molecule has 2 aromatic carbocycles. The van der Waals surface area contributed by atoms with E-state index in [1.54, 1.807) is 40.4 Å². The smallest absolute Gasteiger partial charge is 0.228 e. The zero-order chi connectivity index (χ0) is 20.5. The third-order valence-electron chi connectivity index (χ3n) is 5.39. The number of nitrogens with zero attached hydrogens (tertiary/aromatic N) is 3. The monoisotopic (exact) mass is 418 g/mol. The lowest BCUT2D eigenvalue weighted by Gasteiger charge is -2.26. The number of fused-ring (bicyclic) bond motifs is 1. The van der Waals surface area contributed by atoms with Crippen LogP contribution in [-0.4, -0.2) is 20.4 Å². The number of imidazole rings is 1. The van der Waals surface area contributed by atoms with Crippen LogP contribution in [0.4, 0.5) is 10.1 Å². The lowest BCUT2D eigenvalue weighted by Crippen LogP contribution is -2.29. The molecule has 0 saturated heterocycles. The van der Waals surface area contributed by atoms with E-state index < -0.39 is 5.82 Å². The highest BCUT2D eigenvalue weighted by atomic mass is 32.1. The summed E-state index contributed by atoms with van der Waals surface area (Å²) in [6, 6.07) is 12.7. The second-order valence-corrected chi connectivity index (χ2v) is 8.36. The van der Waals surface area contributed by atoms with Crippen LogP contribution in [0.1, 0.15) is 23.8 Å². The van der Waals surface area contributed by atoms with Crippen LogP contribution in [0.3, 0.4) is 0 Å². The maximum atomic E-state index is 14.5. The Morgan fingerprint density at radius 2 is 2.03 bits per heavy atom. The predicted molar refractivity (Wildman–Crippen MR) is 116 cm³/mol. The van der Waals surface area contributed by atoms with Crippen molar-refractivity contribution in [2.75, 3.05) is 5.32 Å². The molecule has 1 aliphatic rings. The van der Waals surface area contributed by atoms with E-state index in [0.717, 1.165) is 21.6 Å². The first-order chi connectivity index (χ1) is 14.7. The third kappa shape index (κ3) is 3.52. The molecule has 0 spiro atoms. The maximum Gasteiger partial charge on any atom is 0.228 e. The van der Waals surface area contributed by atoms with Crippen molar-refractivity contribution in [1.82, 2.24) is 14.5 Å². The number of aromatic nitrogens is 3. The van der Waals surface area contributed by atoms with Crippen molar-refractivity contribution in [3.05, 3.63) is 84.2 Å². The summed E-state index contributed by atoms with van der Waals surface area (Å²) in [5.41, 5.74) is 1.79. The Morgan fingerprint density at radius 3 is 2.83 bits per heavy atom. The van der Waals surface area contributed by atoms with Crippen molar-refractivity contribution in [2.45, 2.75) is 18.8 Å². The van der Waals surface area contributed by atoms with E-state index in [-0.39, 0.29) is 17.7 Å². The Kier molecular flexibility index (Phi) is 4.88. The second-order valence-electron chi connectivity index (χ2n) is 7.30. The van der Waals surface area contributed by atoms with Gasteiger partial charge in [0.05, 0.1) is 33.2 Å². The Bertz CT molecular complexity index is 1200. The zero-order valence-corrected chi connectivity index (χ0v) is 16.8. The molecule has 150 valence electrons. The first kappa shape index (κ1) is 18.7. The quantitative estimate of drug-likeness (QED) is 0.457. The summed E-state index contributed by atoms with van der Waals surface area (Å²) in [7, 11) is 0. The average Bonchev–Trinajstić information content (AvgIpc) is 3.44. The lowest BCUT2D eigenvalue weighted by atomic mass is 9.82. The Balaban J connectivity index is 1.38. The number of halogens is 1. The number of rotatable bonds is 4. The molecule has 1 amide bonds. The van der Waals surface area contributed by atoms with Gasteiger partial charge in [0.1, 0.15) is 5.82 Å². The number of anilines is 1. The van der Waals surface area contributed by atoms with Crippen LogP contribution in [-0.2, 0) is 4.79 Å². The van der Waals surface area contributed by atoms with Crippen molar-refractivity contribution in [3.8, 4) is 5.69 Å². The molecule has 2 aromatic heterocycles. The van der Waals surface area contributed by atoms with Gasteiger partial charge < -0.3 is 9.88 Å². The third-order valence-corrected chi connectivity index (χ3v) is 6.56. The molecule has 1 aliphatic carbocycles. The minimum atomic E-state index is -0.419. The topological polar surface area (TPSA) is 59.8 Å². The fourth-order valence-corrected chi connectivity index (χ4v) is 5.00. The lowest BCUT2D eigenvalue weighted by molar-refractivity contribution is -0.120. The average molecular weight is 418 g/mol. The minimum Gasteiger partial charge on any atom is -0.326 e. The maximum absolute atomic E-state index is 14.5. The SMILES string of the molecule is O=C(Nc1ccc(-n2ccnc2)c(F)c1)C1CC=CCC1c1nc2ccccc2s1. The van der Waals surface area contributed by atoms with Gasteiger partial charge in [-0.1, -0.05) is 24.3 Å². The standard InChI is InChI=1S/C23H19FN4OS/c24-18-13-15(9-10-20(18)28-12-11-25-14-28)26-22(29)16-5-1-2-6-17(16)23-27-19-7-3-4-8-21(19)30-23/h1-4,7-14,16-17H,5-6H2,(H,26,29). The summed E-state index contributed by atoms with van der Waals surface area (Å²) in [6.07, 6.45) is 10.4. The van der Waals surface area contributed by atoms with Crippen molar-refractivity contribution in [3.63, 3.8) is 0 Å². The van der Waals surface area contributed by atoms with Crippen LogP contribution in [0.5, 0.6) is 0 Å². The summed E-state index contributed by atoms with van der Waals surface area (Å²) < 4.78 is 17.3. The van der Waals surface area contributed by atoms with E-state index >= 15 is 0 Å². The highest BCUT2D eigenvalue weighted by Crippen LogP contribution is 2.39. The summed E-state index contributed by atoms with van der Waals surface area (Å²) in [5.74, 6) is -0.759. The van der Waals surface area contributed by atoms with Crippen molar-refractivity contribution < 1.29 is 9.18 Å². The molecule has 4 aromatic rings. The highest BCUT2D eigenvalue weighted by molar-refractivity contribution is 7.18. The number of allylic oxidation sites excluding steroid dienone is 2. The van der Waals surface area contributed by atoms with Gasteiger partial charge in [-0.2, -0.15) is 0 Å². The molecule has 0 aliphatic heterocycles. The van der Waals surface area contributed by atoms with Crippen molar-refractivity contribution in [1.29, 1.82) is 0 Å². The van der Waals surface area contributed by atoms with Crippen LogP contribution >= 0.6 is 11.3 Å². The van der Waals surface area contributed by atoms with Gasteiger partial charge in [0.15, 0.2) is 0 Å². The van der Waals surface area contributed by atoms with E-state index in [0.29, 0.717) is 17.8 Å². The Morgan fingerprint density at radius 1 is 1.17 bits per heavy atom. The molecule has 0 bridgehead atoms. The van der Waals surface area contributed by atoms with Crippen LogP contribution in [0.15, 0.2) is 73.3 Å². The first-order valence-corrected chi connectivity index (χ1v) is 10.6. The molecule has 5 rings (SSSR count). The number of hydrogen-bond donors (Lipinski definition) is 1. The number of benzene rings is 2. The second kappa shape index (κ2) is 7.84. The number of carbonyl (C=O) groups is 1. The van der Waals surface area contributed by atoms with E-state index in [4.69, 9.17) is 4.98 Å². The van der Waals surface area contributed by atoms with Crippen LogP contribution in [0.2, 0.25) is 0 Å². The number of amides is 1. The van der Waals surface area contributed by atoms with Gasteiger partial charge in [-0.3, -0.25) is 4.79 Å². The van der Waals surface area contributed by atoms with E-state index in [1.807, 2.05) is 24.3 Å². The van der Waals surface area contributed by atoms with Crippen molar-refractivity contribution >= 4 is 33.1 Å². The normalized spacial score (nSPS) is 18.6. The fourth-order valence-electron chi connectivity index (χ4n) is 3.86. The van der Waals surface area contributed by atoms with E-state index in [9.17, 15) is 9.18 Å². The zero-order valence-electron chi connectivity index (χ0n) is 16.0. The van der Waals surface area contributed by atoms with E-state index in [1.165, 1.54) is 12.4 Å². The predicted octanol–water partition coefficient (Wildman–Crippen LogP) is 5.31. The minimum absolute atomic E-state index is 0.0162. The number of nitrogens with one attached hydrogen (secondary N) is 1. The molecule has 2 unspecified atom stereocenters. The molecule has 5 nitrogen and oxygen atoms in total. The van der Waals surface area contributed by atoms with Gasteiger partial charge in [-0.25, -0.2) is 14.4 Å². The fraction of sp³-hybridized carbons (Fsp3) is 0.174. The molecule has 2 atom stereocenters. The molecule has 2 heterocycles. The molecule has 0 fully saturated rings. The molecular formula is C23H19FN4OS. The number of thiazole rings is 1. The van der Waals surface area contributed by atoms with Gasteiger partial charge in [-0.15, -0.1) is 11.3 Å². The largest absolute Gasteiger partial charge is 0.326 e. The summed E-state index contributed by atoms with van der Waals surface area (Å²) in [6.45, 7) is 0. The van der Waals surface area contributed by atoms with Gasteiger partial charge in [0, 0.05) is 24.0 Å². The molecule has 0 radical (unpaired) electrons. The van der Waals surface area contributed by atoms with Crippen LogP contribution < -0.4 is 5.32 Å². The van der Waals surface area contributed by atoms with Crippen LogP contribution in [0.25, 0.3) is 15.9 Å². The Hall–Kier alpha value is -3.32. The first-order valence-electron chi connectivity index (χ1n) is 9.78. The molecule has 7 heteroatoms. The highest BCUT2D eigenvalue weighted by Gasteiger charge is 2.32. The van der Waals surface area contributed by atoms with Gasteiger partial charge in [0.25, 0.3) is 0 Å². The Labute approximate surface area is 176 Å². The summed E-state index contributed by atoms with van der Waals surface area (Å²) in [4.78, 5) is 21.8. The number of carbonyl (C=O) groups excluding carboxylic acids is 1. The van der Waals surface area contributed by atoms with E-state index in [2.05, 4.69) is 22.4 Å². The van der Waals surface area contributed by atoms with Crippen molar-refractivity contribution in [2.24, 2.45) is 5.92 Å². The summed E-state index contributed by atoms with van der Waals surface area (Å²) in [5, 5.41) is 3.87. The van der Waals surface area contributed by atoms with Gasteiger partial charge >= 0.3 is 0 Å². The summed E-state index contributed by atoms with van der Waals surface area (Å²) >= 11 is 1.64. The van der Waals surface area contributed by atoms with Gasteiger partial charge in [0.2, 0.25) is 5.91 Å². The number of para-hydroxylation sites is 1. The van der Waals surface area contributed by atoms with Crippen LogP contribution in [0, 0.1) is 11.7 Å². The molecule has 0 saturated carbocycles. The molecule has 1 N–H and O–H groups in total.